The molecule has 0 aliphatic carbocycles. The molecule has 0 bridgehead atoms. The highest BCUT2D eigenvalue weighted by molar-refractivity contribution is 6.33. The number of rotatable bonds is 5. The molecule has 0 radical (unpaired) electrons. The first-order chi connectivity index (χ1) is 8.90. The van der Waals surface area contributed by atoms with E-state index in [4.69, 9.17) is 16.7 Å². The van der Waals surface area contributed by atoms with Crippen molar-refractivity contribution in [1.29, 1.82) is 0 Å². The summed E-state index contributed by atoms with van der Waals surface area (Å²) >= 11 is 6.01. The van der Waals surface area contributed by atoms with Gasteiger partial charge in [-0.25, -0.2) is 4.79 Å². The van der Waals surface area contributed by atoms with Gasteiger partial charge in [0.15, 0.2) is 0 Å². The third kappa shape index (κ3) is 3.47. The van der Waals surface area contributed by atoms with Crippen molar-refractivity contribution >= 4 is 34.8 Å². The van der Waals surface area contributed by atoms with Crippen LogP contribution < -0.4 is 10.2 Å². The maximum Gasteiger partial charge on any atom is 0.409 e. The third-order valence-electron chi connectivity index (χ3n) is 2.61. The summed E-state index contributed by atoms with van der Waals surface area (Å²) < 4.78 is 0. The summed E-state index contributed by atoms with van der Waals surface area (Å²) in [4.78, 5) is 22.7. The summed E-state index contributed by atoms with van der Waals surface area (Å²) in [5, 5.41) is 21.8. The standard InChI is InChI=1S/C11H14ClN3O4/c1-3-14(4-2)9-6-8(13-11(16)17)10(15(18)19)5-7(9)12/h5-6,13H,3-4H2,1-2H3,(H,16,17). The van der Waals surface area contributed by atoms with Crippen molar-refractivity contribution in [3.8, 4) is 0 Å². The van der Waals surface area contributed by atoms with E-state index in [9.17, 15) is 14.9 Å². The lowest BCUT2D eigenvalue weighted by molar-refractivity contribution is -0.383. The predicted molar refractivity (Wildman–Crippen MR) is 73.3 cm³/mol. The lowest BCUT2D eigenvalue weighted by Crippen LogP contribution is -2.22. The number of amides is 1. The molecule has 8 heteroatoms. The number of hydrogen-bond donors (Lipinski definition) is 2. The summed E-state index contributed by atoms with van der Waals surface area (Å²) in [6.07, 6.45) is -1.36. The average Bonchev–Trinajstić information content (AvgIpc) is 2.33. The first-order valence-electron chi connectivity index (χ1n) is 5.63. The molecule has 0 heterocycles. The van der Waals surface area contributed by atoms with Gasteiger partial charge in [-0.05, 0) is 19.9 Å². The largest absolute Gasteiger partial charge is 0.465 e. The molecule has 0 aliphatic rings. The topological polar surface area (TPSA) is 95.7 Å². The zero-order valence-corrected chi connectivity index (χ0v) is 11.3. The molecular weight excluding hydrogens is 274 g/mol. The predicted octanol–water partition coefficient (Wildman–Crippen LogP) is 3.18. The number of carboxylic acid groups (broad SMARTS) is 1. The number of hydrogen-bond acceptors (Lipinski definition) is 4. The van der Waals surface area contributed by atoms with Gasteiger partial charge in [-0.3, -0.25) is 15.4 Å². The fourth-order valence-electron chi connectivity index (χ4n) is 1.72. The molecule has 1 aromatic rings. The van der Waals surface area contributed by atoms with Crippen LogP contribution in [-0.2, 0) is 0 Å². The number of benzene rings is 1. The highest BCUT2D eigenvalue weighted by Gasteiger charge is 2.20. The molecule has 0 spiro atoms. The molecule has 2 N–H and O–H groups in total. The minimum Gasteiger partial charge on any atom is -0.465 e. The quantitative estimate of drug-likeness (QED) is 0.640. The summed E-state index contributed by atoms with van der Waals surface area (Å²) in [6.45, 7) is 5.12. The summed E-state index contributed by atoms with van der Waals surface area (Å²) in [6, 6.07) is 2.53. The van der Waals surface area contributed by atoms with Crippen LogP contribution in [0, 0.1) is 10.1 Å². The van der Waals surface area contributed by atoms with Crippen LogP contribution in [0.2, 0.25) is 5.02 Å². The molecule has 7 nitrogen and oxygen atoms in total. The second kappa shape index (κ2) is 6.24. The van der Waals surface area contributed by atoms with Crippen LogP contribution in [0.1, 0.15) is 13.8 Å². The zero-order chi connectivity index (χ0) is 14.6. The highest BCUT2D eigenvalue weighted by atomic mass is 35.5. The van der Waals surface area contributed by atoms with E-state index in [1.54, 1.807) is 0 Å². The van der Waals surface area contributed by atoms with Gasteiger partial charge >= 0.3 is 6.09 Å². The van der Waals surface area contributed by atoms with Crippen LogP contribution in [0.25, 0.3) is 0 Å². The third-order valence-corrected chi connectivity index (χ3v) is 2.91. The first kappa shape index (κ1) is 15.0. The number of nitrogens with zero attached hydrogens (tertiary/aromatic N) is 2. The van der Waals surface area contributed by atoms with E-state index in [2.05, 4.69) is 0 Å². The number of halogens is 1. The highest BCUT2D eigenvalue weighted by Crippen LogP contribution is 2.36. The maximum absolute atomic E-state index is 10.9. The molecule has 0 fully saturated rings. The second-order valence-corrected chi connectivity index (χ2v) is 4.09. The Morgan fingerprint density at radius 1 is 1.47 bits per heavy atom. The van der Waals surface area contributed by atoms with E-state index in [0.717, 1.165) is 6.07 Å². The SMILES string of the molecule is CCN(CC)c1cc(NC(=O)O)c([N+](=O)[O-])cc1Cl. The van der Waals surface area contributed by atoms with Gasteiger partial charge in [0.2, 0.25) is 0 Å². The Balaban J connectivity index is 3.36. The molecular formula is C11H14ClN3O4. The Labute approximate surface area is 114 Å². The first-order valence-corrected chi connectivity index (χ1v) is 6.01. The molecule has 19 heavy (non-hydrogen) atoms. The Morgan fingerprint density at radius 3 is 2.47 bits per heavy atom. The van der Waals surface area contributed by atoms with Gasteiger partial charge in [-0.2, -0.15) is 0 Å². The smallest absolute Gasteiger partial charge is 0.409 e. The van der Waals surface area contributed by atoms with Crippen LogP contribution in [0.4, 0.5) is 21.9 Å². The van der Waals surface area contributed by atoms with Crippen LogP contribution >= 0.6 is 11.6 Å². The van der Waals surface area contributed by atoms with Gasteiger partial charge in [0.05, 0.1) is 15.6 Å². The molecule has 104 valence electrons. The fraction of sp³-hybridized carbons (Fsp3) is 0.364. The Kier molecular flexibility index (Phi) is 4.94. The zero-order valence-electron chi connectivity index (χ0n) is 10.5. The van der Waals surface area contributed by atoms with Gasteiger partial charge < -0.3 is 10.0 Å². The van der Waals surface area contributed by atoms with Gasteiger partial charge in [-0.15, -0.1) is 0 Å². The van der Waals surface area contributed by atoms with Gasteiger partial charge in [-0.1, -0.05) is 11.6 Å². The Hall–Kier alpha value is -2.02. The molecule has 0 aliphatic heterocycles. The lowest BCUT2D eigenvalue weighted by atomic mass is 10.2. The van der Waals surface area contributed by atoms with Crippen LogP contribution in [0.15, 0.2) is 12.1 Å². The summed E-state index contributed by atoms with van der Waals surface area (Å²) in [5.41, 5.74) is 0.0909. The molecule has 0 unspecified atom stereocenters. The van der Waals surface area contributed by atoms with Crippen molar-refractivity contribution in [1.82, 2.24) is 0 Å². The lowest BCUT2D eigenvalue weighted by Gasteiger charge is -2.22. The molecule has 1 amide bonds. The molecule has 1 rings (SSSR count). The minimum atomic E-state index is -1.36. The van der Waals surface area contributed by atoms with E-state index >= 15 is 0 Å². The average molecular weight is 288 g/mol. The van der Waals surface area contributed by atoms with Crippen molar-refractivity contribution in [2.24, 2.45) is 0 Å². The number of nitro groups is 1. The Morgan fingerprint density at radius 2 is 2.05 bits per heavy atom. The van der Waals surface area contributed by atoms with E-state index in [-0.39, 0.29) is 16.4 Å². The number of anilines is 2. The van der Waals surface area contributed by atoms with E-state index in [1.807, 2.05) is 24.1 Å². The monoisotopic (exact) mass is 287 g/mol. The second-order valence-electron chi connectivity index (χ2n) is 3.68. The van der Waals surface area contributed by atoms with E-state index < -0.39 is 11.0 Å². The molecule has 0 saturated heterocycles. The summed E-state index contributed by atoms with van der Waals surface area (Å²) in [7, 11) is 0. The van der Waals surface area contributed by atoms with Crippen molar-refractivity contribution in [3.63, 3.8) is 0 Å². The van der Waals surface area contributed by atoms with Crippen molar-refractivity contribution in [3.05, 3.63) is 27.3 Å². The fourth-order valence-corrected chi connectivity index (χ4v) is 2.00. The molecule has 0 atom stereocenters. The normalized spacial score (nSPS) is 10.1. The molecule has 1 aromatic carbocycles. The minimum absolute atomic E-state index is 0.0937. The van der Waals surface area contributed by atoms with Gasteiger partial charge in [0.1, 0.15) is 5.69 Å². The van der Waals surface area contributed by atoms with Crippen molar-refractivity contribution in [2.75, 3.05) is 23.3 Å². The summed E-state index contributed by atoms with van der Waals surface area (Å²) in [5.74, 6) is 0. The Bertz CT molecular complexity index is 503. The molecule has 0 saturated carbocycles. The van der Waals surface area contributed by atoms with Crippen LogP contribution in [0.5, 0.6) is 0 Å². The van der Waals surface area contributed by atoms with E-state index in [1.165, 1.54) is 6.07 Å². The van der Waals surface area contributed by atoms with Crippen LogP contribution in [-0.4, -0.2) is 29.2 Å². The number of nitro benzene ring substituents is 1. The van der Waals surface area contributed by atoms with Crippen LogP contribution in [0.3, 0.4) is 0 Å². The molecule has 0 aromatic heterocycles. The van der Waals surface area contributed by atoms with Gasteiger partial charge in [0.25, 0.3) is 5.69 Å². The van der Waals surface area contributed by atoms with Gasteiger partial charge in [0, 0.05) is 19.2 Å². The maximum atomic E-state index is 10.9. The van der Waals surface area contributed by atoms with E-state index in [0.29, 0.717) is 18.8 Å². The number of nitrogens with one attached hydrogen (secondary N) is 1. The van der Waals surface area contributed by atoms with Crippen molar-refractivity contribution in [2.45, 2.75) is 13.8 Å². The van der Waals surface area contributed by atoms with Crippen molar-refractivity contribution < 1.29 is 14.8 Å². The number of carbonyl (C=O) groups is 1.